The average Bonchev–Trinajstić information content (AvgIpc) is 2.73. The molecule has 0 radical (unpaired) electrons. The van der Waals surface area contributed by atoms with Crippen LogP contribution in [0.3, 0.4) is 0 Å². The van der Waals surface area contributed by atoms with Gasteiger partial charge in [-0.15, -0.1) is 0 Å². The summed E-state index contributed by atoms with van der Waals surface area (Å²) in [6, 6.07) is 7.18. The number of carbonyl (C=O) groups excluding carboxylic acids is 1. The highest BCUT2D eigenvalue weighted by atomic mass is 16.1. The zero-order valence-electron chi connectivity index (χ0n) is 10.5. The van der Waals surface area contributed by atoms with Gasteiger partial charge in [0.25, 0.3) is 5.91 Å². The molecule has 1 aromatic carbocycles. The summed E-state index contributed by atoms with van der Waals surface area (Å²) in [6.45, 7) is 1.97. The lowest BCUT2D eigenvalue weighted by atomic mass is 10.2. The summed E-state index contributed by atoms with van der Waals surface area (Å²) in [7, 11) is 1.80. The molecule has 1 aromatic heterocycles. The van der Waals surface area contributed by atoms with Crippen molar-refractivity contribution in [3.8, 4) is 0 Å². The molecule has 0 spiro atoms. The number of carbonyl (C=O) groups is 1. The van der Waals surface area contributed by atoms with Crippen molar-refractivity contribution in [1.29, 1.82) is 0 Å². The Bertz CT molecular complexity index is 574. The highest BCUT2D eigenvalue weighted by Crippen LogP contribution is 2.18. The lowest BCUT2D eigenvalue weighted by molar-refractivity contribution is 0.102. The van der Waals surface area contributed by atoms with Crippen LogP contribution in [0.1, 0.15) is 23.0 Å². The molecule has 0 aliphatic carbocycles. The molecule has 94 valence electrons. The van der Waals surface area contributed by atoms with Gasteiger partial charge in [0.05, 0.1) is 22.6 Å². The van der Waals surface area contributed by atoms with Crippen LogP contribution in [0.5, 0.6) is 0 Å². The van der Waals surface area contributed by atoms with E-state index in [-0.39, 0.29) is 5.91 Å². The number of benzene rings is 1. The Balaban J connectivity index is 2.25. The molecule has 0 aliphatic rings. The standard InChI is InChI=1S/C13H16N4O/c1-3-11-9(8-17(2)16-11)13(18)15-12-7-5-4-6-10(12)14/h4-8H,3,14H2,1-2H3,(H,15,18). The number of aryl methyl sites for hydroxylation is 2. The van der Waals surface area contributed by atoms with E-state index in [9.17, 15) is 4.79 Å². The molecule has 1 heterocycles. The molecule has 5 heteroatoms. The van der Waals surface area contributed by atoms with Gasteiger partial charge in [0.2, 0.25) is 0 Å². The largest absolute Gasteiger partial charge is 0.397 e. The van der Waals surface area contributed by atoms with Crippen LogP contribution in [0.25, 0.3) is 0 Å². The van der Waals surface area contributed by atoms with E-state index < -0.39 is 0 Å². The molecule has 0 bridgehead atoms. The van der Waals surface area contributed by atoms with Crippen LogP contribution >= 0.6 is 0 Å². The fourth-order valence-corrected chi connectivity index (χ4v) is 1.79. The van der Waals surface area contributed by atoms with Crippen molar-refractivity contribution in [2.45, 2.75) is 13.3 Å². The van der Waals surface area contributed by atoms with Crippen LogP contribution < -0.4 is 11.1 Å². The third-order valence-corrected chi connectivity index (χ3v) is 2.69. The maximum atomic E-state index is 12.1. The molecule has 5 nitrogen and oxygen atoms in total. The highest BCUT2D eigenvalue weighted by molar-refractivity contribution is 6.06. The van der Waals surface area contributed by atoms with Gasteiger partial charge in [0.15, 0.2) is 0 Å². The van der Waals surface area contributed by atoms with E-state index in [1.165, 1.54) is 0 Å². The molecule has 0 saturated heterocycles. The first-order chi connectivity index (χ1) is 8.61. The number of para-hydroxylation sites is 2. The van der Waals surface area contributed by atoms with Gasteiger partial charge in [-0.2, -0.15) is 5.10 Å². The quantitative estimate of drug-likeness (QED) is 0.809. The summed E-state index contributed by atoms with van der Waals surface area (Å²) in [5.41, 5.74) is 8.32. The lowest BCUT2D eigenvalue weighted by Gasteiger charge is -2.07. The molecule has 0 saturated carbocycles. The first kappa shape index (κ1) is 12.2. The number of aromatic nitrogens is 2. The number of rotatable bonds is 3. The van der Waals surface area contributed by atoms with Crippen molar-refractivity contribution in [2.75, 3.05) is 11.1 Å². The average molecular weight is 244 g/mol. The summed E-state index contributed by atoms with van der Waals surface area (Å²) >= 11 is 0. The van der Waals surface area contributed by atoms with Gasteiger partial charge in [0, 0.05) is 13.2 Å². The first-order valence-corrected chi connectivity index (χ1v) is 5.80. The van der Waals surface area contributed by atoms with Crippen molar-refractivity contribution in [2.24, 2.45) is 7.05 Å². The molecule has 2 aromatic rings. The molecule has 0 fully saturated rings. The minimum atomic E-state index is -0.183. The molecule has 2 rings (SSSR count). The Morgan fingerprint density at radius 1 is 1.44 bits per heavy atom. The van der Waals surface area contributed by atoms with E-state index in [1.807, 2.05) is 19.1 Å². The Labute approximate surface area is 106 Å². The van der Waals surface area contributed by atoms with Gasteiger partial charge < -0.3 is 11.1 Å². The SMILES string of the molecule is CCc1nn(C)cc1C(=O)Nc1ccccc1N. The molecule has 0 unspecified atom stereocenters. The number of amides is 1. The summed E-state index contributed by atoms with van der Waals surface area (Å²) in [4.78, 5) is 12.1. The molecule has 3 N–H and O–H groups in total. The van der Waals surface area contributed by atoms with Crippen molar-refractivity contribution in [1.82, 2.24) is 9.78 Å². The number of nitrogens with zero attached hydrogens (tertiary/aromatic N) is 2. The molecule has 1 amide bonds. The maximum Gasteiger partial charge on any atom is 0.259 e. The van der Waals surface area contributed by atoms with Crippen molar-refractivity contribution >= 4 is 17.3 Å². The van der Waals surface area contributed by atoms with Crippen molar-refractivity contribution < 1.29 is 4.79 Å². The van der Waals surface area contributed by atoms with Gasteiger partial charge in [0.1, 0.15) is 0 Å². The van der Waals surface area contributed by atoms with Crippen LogP contribution in [0.4, 0.5) is 11.4 Å². The predicted octanol–water partition coefficient (Wildman–Crippen LogP) is 1.82. The van der Waals surface area contributed by atoms with E-state index in [0.717, 1.165) is 5.69 Å². The second-order valence-corrected chi connectivity index (χ2v) is 4.06. The molecular weight excluding hydrogens is 228 g/mol. The van der Waals surface area contributed by atoms with E-state index >= 15 is 0 Å². The fourth-order valence-electron chi connectivity index (χ4n) is 1.79. The van der Waals surface area contributed by atoms with Crippen LogP contribution in [0.2, 0.25) is 0 Å². The summed E-state index contributed by atoms with van der Waals surface area (Å²) in [5.74, 6) is -0.183. The lowest BCUT2D eigenvalue weighted by Crippen LogP contribution is -2.14. The monoisotopic (exact) mass is 244 g/mol. The normalized spacial score (nSPS) is 10.3. The van der Waals surface area contributed by atoms with E-state index in [1.54, 1.807) is 30.1 Å². The summed E-state index contributed by atoms with van der Waals surface area (Å²) in [5, 5.41) is 7.04. The van der Waals surface area contributed by atoms with Gasteiger partial charge in [-0.1, -0.05) is 19.1 Å². The molecule has 0 atom stereocenters. The number of anilines is 2. The van der Waals surface area contributed by atoms with Crippen LogP contribution in [-0.4, -0.2) is 15.7 Å². The van der Waals surface area contributed by atoms with Gasteiger partial charge in [-0.25, -0.2) is 0 Å². The zero-order valence-corrected chi connectivity index (χ0v) is 10.5. The van der Waals surface area contributed by atoms with Crippen molar-refractivity contribution in [3.63, 3.8) is 0 Å². The third-order valence-electron chi connectivity index (χ3n) is 2.69. The summed E-state index contributed by atoms with van der Waals surface area (Å²) in [6.07, 6.45) is 2.43. The minimum absolute atomic E-state index is 0.183. The molecular formula is C13H16N4O. The Morgan fingerprint density at radius 3 is 2.83 bits per heavy atom. The first-order valence-electron chi connectivity index (χ1n) is 5.80. The van der Waals surface area contributed by atoms with E-state index in [0.29, 0.717) is 23.4 Å². The second-order valence-electron chi connectivity index (χ2n) is 4.06. The van der Waals surface area contributed by atoms with Gasteiger partial charge in [-0.05, 0) is 18.6 Å². The van der Waals surface area contributed by atoms with Crippen LogP contribution in [0.15, 0.2) is 30.5 Å². The number of nitrogens with one attached hydrogen (secondary N) is 1. The number of nitrogens with two attached hydrogens (primary N) is 1. The Hall–Kier alpha value is -2.30. The Kier molecular flexibility index (Phi) is 3.32. The zero-order chi connectivity index (χ0) is 13.1. The Morgan fingerprint density at radius 2 is 2.17 bits per heavy atom. The van der Waals surface area contributed by atoms with Crippen LogP contribution in [-0.2, 0) is 13.5 Å². The maximum absolute atomic E-state index is 12.1. The van der Waals surface area contributed by atoms with E-state index in [2.05, 4.69) is 10.4 Å². The third kappa shape index (κ3) is 2.34. The number of hydrogen-bond acceptors (Lipinski definition) is 3. The minimum Gasteiger partial charge on any atom is -0.397 e. The van der Waals surface area contributed by atoms with Gasteiger partial charge in [-0.3, -0.25) is 9.48 Å². The van der Waals surface area contributed by atoms with E-state index in [4.69, 9.17) is 5.73 Å². The number of nitrogen functional groups attached to an aromatic ring is 1. The summed E-state index contributed by atoms with van der Waals surface area (Å²) < 4.78 is 1.64. The second kappa shape index (κ2) is 4.91. The predicted molar refractivity (Wildman–Crippen MR) is 71.4 cm³/mol. The van der Waals surface area contributed by atoms with Crippen LogP contribution in [0, 0.1) is 0 Å². The smallest absolute Gasteiger partial charge is 0.259 e. The highest BCUT2D eigenvalue weighted by Gasteiger charge is 2.14. The molecule has 18 heavy (non-hydrogen) atoms. The number of hydrogen-bond donors (Lipinski definition) is 2. The van der Waals surface area contributed by atoms with Gasteiger partial charge >= 0.3 is 0 Å². The topological polar surface area (TPSA) is 72.9 Å². The fraction of sp³-hybridized carbons (Fsp3) is 0.231. The van der Waals surface area contributed by atoms with Crippen molar-refractivity contribution in [3.05, 3.63) is 41.7 Å². The molecule has 0 aliphatic heterocycles.